The maximum Gasteiger partial charge on any atom is 0.193 e. The van der Waals surface area contributed by atoms with Gasteiger partial charge in [0, 0.05) is 5.41 Å². The lowest BCUT2D eigenvalue weighted by Gasteiger charge is -2.42. The zero-order valence-corrected chi connectivity index (χ0v) is 14.3. The van der Waals surface area contributed by atoms with E-state index in [4.69, 9.17) is 10.8 Å². The van der Waals surface area contributed by atoms with Crippen molar-refractivity contribution < 1.29 is 4.43 Å². The fraction of sp³-hybridized carbons (Fsp3) is 0.688. The fourth-order valence-corrected chi connectivity index (χ4v) is 2.59. The zero-order valence-electron chi connectivity index (χ0n) is 13.3. The maximum absolute atomic E-state index is 6.35. The van der Waals surface area contributed by atoms with E-state index in [1.165, 1.54) is 0 Å². The molecule has 0 bridgehead atoms. The Kier molecular flexibility index (Phi) is 5.26. The van der Waals surface area contributed by atoms with Crippen molar-refractivity contribution in [1.82, 2.24) is 0 Å². The van der Waals surface area contributed by atoms with Gasteiger partial charge in [-0.1, -0.05) is 47.1 Å². The summed E-state index contributed by atoms with van der Waals surface area (Å²) in [5.74, 6) is 2.81. The molecule has 0 spiro atoms. The van der Waals surface area contributed by atoms with Gasteiger partial charge in [-0.25, -0.2) is 0 Å². The number of terminal acetylenes is 1. The molecule has 18 heavy (non-hydrogen) atoms. The standard InChI is InChI=1S/C16H28OSi/c1-11-13(3)16(7,8)14(12-2)17-18(9,10)15(4,5)6/h2,14H,1H2,3-10H3. The number of rotatable bonds is 4. The first-order valence-electron chi connectivity index (χ1n) is 6.41. The monoisotopic (exact) mass is 264 g/mol. The molecule has 2 heteroatoms. The van der Waals surface area contributed by atoms with Crippen molar-refractivity contribution in [3.05, 3.63) is 17.9 Å². The molecule has 0 radical (unpaired) electrons. The second-order valence-electron chi connectivity index (χ2n) is 6.95. The lowest BCUT2D eigenvalue weighted by molar-refractivity contribution is 0.134. The molecule has 0 N–H and O–H groups in total. The third kappa shape index (κ3) is 3.62. The lowest BCUT2D eigenvalue weighted by Crippen LogP contribution is -2.47. The first-order valence-corrected chi connectivity index (χ1v) is 9.32. The van der Waals surface area contributed by atoms with Gasteiger partial charge in [0.05, 0.1) is 0 Å². The average Bonchev–Trinajstić information content (AvgIpc) is 2.22. The minimum Gasteiger partial charge on any atom is -0.402 e. The van der Waals surface area contributed by atoms with Crippen molar-refractivity contribution in [2.75, 3.05) is 0 Å². The molecule has 0 aliphatic heterocycles. The minimum absolute atomic E-state index is 0.157. The molecule has 0 aliphatic carbocycles. The van der Waals surface area contributed by atoms with Gasteiger partial charge in [-0.2, -0.15) is 0 Å². The van der Waals surface area contributed by atoms with E-state index in [2.05, 4.69) is 65.9 Å². The highest BCUT2D eigenvalue weighted by molar-refractivity contribution is 6.74. The first kappa shape index (κ1) is 17.3. The topological polar surface area (TPSA) is 9.23 Å². The normalized spacial score (nSPS) is 14.6. The second kappa shape index (κ2) is 5.49. The van der Waals surface area contributed by atoms with Crippen LogP contribution in [0.1, 0.15) is 41.5 Å². The van der Waals surface area contributed by atoms with Gasteiger partial charge in [0.25, 0.3) is 0 Å². The van der Waals surface area contributed by atoms with E-state index in [0.717, 1.165) is 5.57 Å². The summed E-state index contributed by atoms with van der Waals surface area (Å²) in [4.78, 5) is 0. The van der Waals surface area contributed by atoms with Crippen LogP contribution in [0.3, 0.4) is 0 Å². The summed E-state index contributed by atoms with van der Waals surface area (Å²) in [6.07, 6.45) is 5.46. The van der Waals surface area contributed by atoms with E-state index < -0.39 is 8.32 Å². The second-order valence-corrected chi connectivity index (χ2v) is 11.7. The van der Waals surface area contributed by atoms with Crippen LogP contribution in [-0.2, 0) is 4.43 Å². The summed E-state index contributed by atoms with van der Waals surface area (Å²) in [6, 6.07) is 0. The van der Waals surface area contributed by atoms with Gasteiger partial charge in [0.2, 0.25) is 0 Å². The Morgan fingerprint density at radius 1 is 1.22 bits per heavy atom. The summed E-state index contributed by atoms with van der Waals surface area (Å²) in [7, 11) is -1.86. The SMILES string of the molecule is C#CC(O[Si](C)(C)C(C)(C)C)C(C)(C)C(C)=C=C. The fourth-order valence-electron chi connectivity index (χ4n) is 1.29. The van der Waals surface area contributed by atoms with Crippen LogP contribution in [0.15, 0.2) is 17.9 Å². The Hall–Kier alpha value is -0.743. The van der Waals surface area contributed by atoms with E-state index in [-0.39, 0.29) is 16.6 Å². The molecule has 1 atom stereocenters. The molecule has 0 saturated carbocycles. The van der Waals surface area contributed by atoms with Gasteiger partial charge in [0.1, 0.15) is 6.10 Å². The van der Waals surface area contributed by atoms with E-state index in [0.29, 0.717) is 0 Å². The molecule has 0 amide bonds. The molecule has 0 heterocycles. The van der Waals surface area contributed by atoms with Gasteiger partial charge < -0.3 is 4.43 Å². The molecule has 0 aromatic rings. The van der Waals surface area contributed by atoms with E-state index >= 15 is 0 Å². The van der Waals surface area contributed by atoms with Crippen molar-refractivity contribution in [2.24, 2.45) is 5.41 Å². The zero-order chi connectivity index (χ0) is 14.8. The summed E-state index contributed by atoms with van der Waals surface area (Å²) < 4.78 is 6.35. The minimum atomic E-state index is -1.86. The Balaban J connectivity index is 5.30. The third-order valence-electron chi connectivity index (χ3n) is 4.26. The average molecular weight is 264 g/mol. The molecule has 102 valence electrons. The Bertz CT molecular complexity index is 384. The van der Waals surface area contributed by atoms with Gasteiger partial charge in [-0.15, -0.1) is 12.2 Å². The van der Waals surface area contributed by atoms with Gasteiger partial charge in [-0.05, 0) is 30.6 Å². The number of hydrogen-bond donors (Lipinski definition) is 0. The molecular formula is C16H28OSi. The van der Waals surface area contributed by atoms with E-state index in [1.54, 1.807) is 0 Å². The van der Waals surface area contributed by atoms with E-state index in [9.17, 15) is 0 Å². The third-order valence-corrected chi connectivity index (χ3v) is 8.69. The smallest absolute Gasteiger partial charge is 0.193 e. The number of hydrogen-bond acceptors (Lipinski definition) is 1. The molecule has 0 fully saturated rings. The van der Waals surface area contributed by atoms with Crippen LogP contribution in [0.5, 0.6) is 0 Å². The van der Waals surface area contributed by atoms with Crippen LogP contribution in [0, 0.1) is 17.8 Å². The lowest BCUT2D eigenvalue weighted by atomic mass is 9.80. The van der Waals surface area contributed by atoms with Crippen molar-refractivity contribution in [3.8, 4) is 12.3 Å². The molecule has 0 saturated heterocycles. The Morgan fingerprint density at radius 2 is 1.67 bits per heavy atom. The molecule has 1 unspecified atom stereocenters. The van der Waals surface area contributed by atoms with Crippen LogP contribution < -0.4 is 0 Å². The molecule has 0 rings (SSSR count). The largest absolute Gasteiger partial charge is 0.402 e. The van der Waals surface area contributed by atoms with Crippen LogP contribution >= 0.6 is 0 Å². The Labute approximate surface area is 114 Å². The Morgan fingerprint density at radius 3 is 1.94 bits per heavy atom. The summed E-state index contributed by atoms with van der Waals surface area (Å²) in [5, 5.41) is 0.157. The molecule has 1 nitrogen and oxygen atoms in total. The molecule has 0 aliphatic rings. The predicted molar refractivity (Wildman–Crippen MR) is 83.0 cm³/mol. The summed E-state index contributed by atoms with van der Waals surface area (Å²) in [6.45, 7) is 21.0. The van der Waals surface area contributed by atoms with Crippen molar-refractivity contribution in [3.63, 3.8) is 0 Å². The quantitative estimate of drug-likeness (QED) is 0.404. The summed E-state index contributed by atoms with van der Waals surface area (Å²) in [5.41, 5.74) is 3.77. The van der Waals surface area contributed by atoms with E-state index in [1.807, 2.05) is 6.92 Å². The van der Waals surface area contributed by atoms with Gasteiger partial charge >= 0.3 is 0 Å². The van der Waals surface area contributed by atoms with Crippen molar-refractivity contribution in [2.45, 2.75) is 65.8 Å². The van der Waals surface area contributed by atoms with Crippen LogP contribution in [0.4, 0.5) is 0 Å². The highest BCUT2D eigenvalue weighted by Crippen LogP contribution is 2.41. The van der Waals surface area contributed by atoms with Crippen molar-refractivity contribution >= 4 is 8.32 Å². The van der Waals surface area contributed by atoms with Crippen LogP contribution in [0.25, 0.3) is 0 Å². The molecular weight excluding hydrogens is 236 g/mol. The van der Waals surface area contributed by atoms with Crippen LogP contribution in [0.2, 0.25) is 18.1 Å². The molecule has 0 aromatic heterocycles. The van der Waals surface area contributed by atoms with Gasteiger partial charge in [0.15, 0.2) is 8.32 Å². The first-order chi connectivity index (χ1) is 7.90. The van der Waals surface area contributed by atoms with Crippen LogP contribution in [-0.4, -0.2) is 14.4 Å². The van der Waals surface area contributed by atoms with Gasteiger partial charge in [-0.3, -0.25) is 0 Å². The maximum atomic E-state index is 6.35. The highest BCUT2D eigenvalue weighted by Gasteiger charge is 2.42. The molecule has 0 aromatic carbocycles. The highest BCUT2D eigenvalue weighted by atomic mass is 28.4. The predicted octanol–water partition coefficient (Wildman–Crippen LogP) is 4.77. The summed E-state index contributed by atoms with van der Waals surface area (Å²) >= 11 is 0. The van der Waals surface area contributed by atoms with Crippen molar-refractivity contribution in [1.29, 1.82) is 0 Å².